The summed E-state index contributed by atoms with van der Waals surface area (Å²) in [6.07, 6.45) is 10.9. The number of rotatable bonds is 24. The smallest absolute Gasteiger partial charge is 0.251 e. The van der Waals surface area contributed by atoms with Crippen molar-refractivity contribution < 1.29 is 53.8 Å². The molecule has 0 saturated heterocycles. The van der Waals surface area contributed by atoms with Crippen LogP contribution in [0.2, 0.25) is 0 Å². The molecule has 0 bridgehead atoms. The summed E-state index contributed by atoms with van der Waals surface area (Å²) in [6, 6.07) is 5.89. The van der Waals surface area contributed by atoms with Crippen molar-refractivity contribution in [3.63, 3.8) is 0 Å². The van der Waals surface area contributed by atoms with Crippen molar-refractivity contribution in [1.82, 2.24) is 10.6 Å². The average molecular weight is 868 g/mol. The predicted molar refractivity (Wildman–Crippen MR) is 244 cm³/mol. The van der Waals surface area contributed by atoms with E-state index in [-0.39, 0.29) is 42.7 Å². The van der Waals surface area contributed by atoms with Gasteiger partial charge in [0.2, 0.25) is 12.3 Å². The molecule has 1 aromatic carbocycles. The minimum Gasteiger partial charge on any atom is -0.396 e. The lowest BCUT2D eigenvalue weighted by Crippen LogP contribution is -2.51. The number of aliphatic hydroxyl groups excluding tert-OH is 6. The van der Waals surface area contributed by atoms with Crippen LogP contribution in [0.15, 0.2) is 97.1 Å². The monoisotopic (exact) mass is 868 g/mol. The lowest BCUT2D eigenvalue weighted by molar-refractivity contribution is -0.148. The van der Waals surface area contributed by atoms with E-state index in [0.717, 1.165) is 30.5 Å². The first-order chi connectivity index (χ1) is 28.9. The molecule has 0 fully saturated rings. The molecule has 0 aliphatic heterocycles. The maximum absolute atomic E-state index is 12.8. The Morgan fingerprint density at radius 1 is 0.934 bits per heavy atom. The molecule has 12 nitrogen and oxygen atoms in total. The number of unbranched alkanes of at least 4 members (excludes halogenated alkanes) is 2. The minimum absolute atomic E-state index is 0.0134. The number of nitrogens with one attached hydrogen (secondary N) is 2. The van der Waals surface area contributed by atoms with Crippen LogP contribution in [0.3, 0.4) is 0 Å². The van der Waals surface area contributed by atoms with Crippen LogP contribution >= 0.6 is 0 Å². The molecule has 1 aromatic rings. The van der Waals surface area contributed by atoms with Crippen LogP contribution in [0.4, 0.5) is 14.5 Å². The number of aliphatic hydroxyl groups is 6. The number of allylic oxidation sites excluding steroid dienone is 10. The van der Waals surface area contributed by atoms with E-state index < -0.39 is 36.9 Å². The Kier molecular flexibility index (Phi) is 44.0. The number of amides is 3. The van der Waals surface area contributed by atoms with Gasteiger partial charge in [-0.05, 0) is 96.1 Å². The molecule has 350 valence electrons. The van der Waals surface area contributed by atoms with Crippen LogP contribution < -0.4 is 15.5 Å². The number of hydrogen-bond donors (Lipinski definition) is 8. The molecule has 6 unspecified atom stereocenters. The molecular formula is C47H79F2N3O9. The Bertz CT molecular complexity index is 1420. The number of anilines is 1. The maximum Gasteiger partial charge on any atom is 0.251 e. The summed E-state index contributed by atoms with van der Waals surface area (Å²) in [5.41, 5.74) is 2.32. The van der Waals surface area contributed by atoms with E-state index in [1.807, 2.05) is 59.8 Å². The van der Waals surface area contributed by atoms with Crippen LogP contribution in [0.25, 0.3) is 0 Å². The standard InChI is InChI=1S/C20H34N2O7.C14H20FNO2.C8H11F.C3H8.C2H6/c1-3-4-5-7-10-14(2)22-16(25)11-8-6-9-12-21-20(29)19(28)18(27)17(26)15(24)13-23;1-11(4-3-9-17)12(2)16(10-18)14-7-5-13(15)6-8-14;1-4-8(9)6-5-7(2)3;1-3-2;1-2/h3-5,10,15,17-19,23-24,26-28H,1,6-9,11-13H2,2H3,(H,21,29)(H,22,25);5-8,10-12,17H,3-4,9H2,1-2H3;4-6H,2H2,1,3H3;3H2,1-2H3;1-2H3/b5-4?,14-10+;;6-5-,8-4+;;. The summed E-state index contributed by atoms with van der Waals surface area (Å²) < 4.78 is 25.1. The lowest BCUT2D eigenvalue weighted by Gasteiger charge is -2.30. The predicted octanol–water partition coefficient (Wildman–Crippen LogP) is 7.27. The van der Waals surface area contributed by atoms with Gasteiger partial charge in [-0.15, -0.1) is 0 Å². The first-order valence-corrected chi connectivity index (χ1v) is 21.0. The van der Waals surface area contributed by atoms with Gasteiger partial charge < -0.3 is 46.2 Å². The van der Waals surface area contributed by atoms with Crippen molar-refractivity contribution in [3.05, 3.63) is 103 Å². The SMILES string of the molecule is C=C(C)/C=C\C(F)=C/C.C=CC=CC/C=C(\C)NC(=O)CCCCCNC(=O)C(O)C(O)C(O)C(O)CO.CC.CC(CCCO)C(C)N(C=O)c1ccc(F)cc1.CCC. The minimum atomic E-state index is -1.94. The van der Waals surface area contributed by atoms with Gasteiger partial charge in [0.05, 0.1) is 6.61 Å². The highest BCUT2D eigenvalue weighted by atomic mass is 19.1. The van der Waals surface area contributed by atoms with E-state index in [4.69, 9.17) is 10.2 Å². The zero-order valence-corrected chi connectivity index (χ0v) is 38.2. The summed E-state index contributed by atoms with van der Waals surface area (Å²) in [5.74, 6) is -1.26. The van der Waals surface area contributed by atoms with Gasteiger partial charge in [-0.2, -0.15) is 0 Å². The third-order valence-electron chi connectivity index (χ3n) is 8.19. The molecule has 3 amide bonds. The van der Waals surface area contributed by atoms with Crippen molar-refractivity contribution in [2.75, 3.05) is 24.7 Å². The Labute approximate surface area is 365 Å². The molecule has 0 saturated carbocycles. The van der Waals surface area contributed by atoms with Gasteiger partial charge in [0.1, 0.15) is 30.0 Å². The number of nitrogens with zero attached hydrogens (tertiary/aromatic N) is 1. The van der Waals surface area contributed by atoms with Gasteiger partial charge in [-0.25, -0.2) is 8.78 Å². The quantitative estimate of drug-likeness (QED) is 0.0299. The normalized spacial score (nSPS) is 14.0. The number of carbonyl (C=O) groups is 3. The number of benzene rings is 1. The summed E-state index contributed by atoms with van der Waals surface area (Å²) in [4.78, 5) is 36.3. The first-order valence-electron chi connectivity index (χ1n) is 21.0. The summed E-state index contributed by atoms with van der Waals surface area (Å²) >= 11 is 0. The largest absolute Gasteiger partial charge is 0.396 e. The second-order valence-electron chi connectivity index (χ2n) is 13.7. The molecule has 0 radical (unpaired) electrons. The molecule has 0 aliphatic rings. The van der Waals surface area contributed by atoms with Gasteiger partial charge in [0.15, 0.2) is 6.10 Å². The number of carbonyl (C=O) groups excluding carboxylic acids is 3. The van der Waals surface area contributed by atoms with Gasteiger partial charge in [0.25, 0.3) is 5.91 Å². The highest BCUT2D eigenvalue weighted by molar-refractivity contribution is 5.81. The van der Waals surface area contributed by atoms with Gasteiger partial charge >= 0.3 is 0 Å². The fraction of sp³-hybridized carbons (Fsp3) is 0.553. The van der Waals surface area contributed by atoms with E-state index in [1.165, 1.54) is 30.7 Å². The van der Waals surface area contributed by atoms with Crippen molar-refractivity contribution in [3.8, 4) is 0 Å². The third-order valence-corrected chi connectivity index (χ3v) is 8.19. The topological polar surface area (TPSA) is 200 Å². The highest BCUT2D eigenvalue weighted by Gasteiger charge is 2.34. The molecule has 6 atom stereocenters. The number of hydrogen-bond acceptors (Lipinski definition) is 9. The Morgan fingerprint density at radius 2 is 1.52 bits per heavy atom. The van der Waals surface area contributed by atoms with Gasteiger partial charge in [-0.1, -0.05) is 103 Å². The van der Waals surface area contributed by atoms with E-state index in [2.05, 4.69) is 37.6 Å². The van der Waals surface area contributed by atoms with Crippen molar-refractivity contribution in [2.24, 2.45) is 5.92 Å². The lowest BCUT2D eigenvalue weighted by atomic mass is 9.96. The molecule has 0 heterocycles. The molecule has 8 N–H and O–H groups in total. The first kappa shape index (κ1) is 63.3. The van der Waals surface area contributed by atoms with Gasteiger partial charge in [-0.3, -0.25) is 14.4 Å². The molecule has 0 aromatic heterocycles. The van der Waals surface area contributed by atoms with Crippen LogP contribution in [-0.2, 0) is 14.4 Å². The molecule has 1 rings (SSSR count). The Balaban J connectivity index is -0.000000427. The molecule has 14 heteroatoms. The average Bonchev–Trinajstić information content (AvgIpc) is 3.25. The van der Waals surface area contributed by atoms with Crippen molar-refractivity contribution >= 4 is 23.9 Å². The molecule has 0 aliphatic carbocycles. The Morgan fingerprint density at radius 3 is 2.02 bits per heavy atom. The van der Waals surface area contributed by atoms with E-state index in [1.54, 1.807) is 36.1 Å². The fourth-order valence-electron chi connectivity index (χ4n) is 4.59. The summed E-state index contributed by atoms with van der Waals surface area (Å²) in [6.45, 7) is 24.2. The second kappa shape index (κ2) is 42.4. The van der Waals surface area contributed by atoms with E-state index >= 15 is 0 Å². The van der Waals surface area contributed by atoms with Crippen LogP contribution in [0.1, 0.15) is 114 Å². The summed E-state index contributed by atoms with van der Waals surface area (Å²) in [7, 11) is 0. The van der Waals surface area contributed by atoms with Crippen molar-refractivity contribution in [1.29, 1.82) is 0 Å². The van der Waals surface area contributed by atoms with Gasteiger partial charge in [0, 0.05) is 37.0 Å². The van der Waals surface area contributed by atoms with E-state index in [9.17, 15) is 43.6 Å². The molecule has 0 spiro atoms. The Hall–Kier alpha value is -4.31. The van der Waals surface area contributed by atoms with Crippen LogP contribution in [0.5, 0.6) is 0 Å². The summed E-state index contributed by atoms with van der Waals surface area (Å²) in [5, 5.41) is 60.7. The third kappa shape index (κ3) is 35.0. The molecular weight excluding hydrogens is 789 g/mol. The van der Waals surface area contributed by atoms with Crippen LogP contribution in [0, 0.1) is 11.7 Å². The highest BCUT2D eigenvalue weighted by Crippen LogP contribution is 2.22. The van der Waals surface area contributed by atoms with Crippen molar-refractivity contribution in [2.45, 2.75) is 144 Å². The zero-order chi connectivity index (χ0) is 47.8. The maximum atomic E-state index is 12.8. The molecule has 61 heavy (non-hydrogen) atoms. The number of halogens is 2. The van der Waals surface area contributed by atoms with E-state index in [0.29, 0.717) is 37.8 Å². The fourth-order valence-corrected chi connectivity index (χ4v) is 4.59. The second-order valence-corrected chi connectivity index (χ2v) is 13.7. The van der Waals surface area contributed by atoms with Crippen LogP contribution in [-0.4, -0.2) is 99.1 Å². The zero-order valence-electron chi connectivity index (χ0n) is 38.2.